The summed E-state index contributed by atoms with van der Waals surface area (Å²) in [6, 6.07) is 34.8. The monoisotopic (exact) mass is 688 g/mol. The molecule has 4 aromatic carbocycles. The number of rotatable bonds is 12. The molecule has 0 unspecified atom stereocenters. The molecule has 10 heteroatoms. The van der Waals surface area contributed by atoms with E-state index in [1.54, 1.807) is 0 Å². The Hall–Kier alpha value is -4.74. The number of benzene rings is 4. The molecule has 0 radical (unpaired) electrons. The molecule has 6 aromatic rings. The van der Waals surface area contributed by atoms with E-state index in [4.69, 9.17) is 28.9 Å². The summed E-state index contributed by atoms with van der Waals surface area (Å²) in [4.78, 5) is 14.5. The number of aryl methyl sites for hydroxylation is 1. The molecule has 0 atom stereocenters. The maximum absolute atomic E-state index is 5.95. The van der Waals surface area contributed by atoms with E-state index in [-0.39, 0.29) is 0 Å². The van der Waals surface area contributed by atoms with E-state index >= 15 is 0 Å². The molecule has 2 aliphatic rings. The molecule has 10 nitrogen and oxygen atoms in total. The van der Waals surface area contributed by atoms with Gasteiger partial charge in [-0.1, -0.05) is 60.2 Å². The van der Waals surface area contributed by atoms with E-state index in [2.05, 4.69) is 74.4 Å². The number of hydrogen-bond acceptors (Lipinski definition) is 8. The second kappa shape index (κ2) is 17.5. The van der Waals surface area contributed by atoms with Gasteiger partial charge in [0.1, 0.15) is 36.4 Å². The second-order valence-electron chi connectivity index (χ2n) is 12.9. The zero-order valence-electron chi connectivity index (χ0n) is 29.5. The summed E-state index contributed by atoms with van der Waals surface area (Å²) in [6.45, 7) is 13.7. The highest BCUT2D eigenvalue weighted by Crippen LogP contribution is 2.20. The molecule has 8 rings (SSSR count). The summed E-state index contributed by atoms with van der Waals surface area (Å²) < 4.78 is 27.3. The van der Waals surface area contributed by atoms with Crippen LogP contribution in [0.3, 0.4) is 0 Å². The Morgan fingerprint density at radius 1 is 0.529 bits per heavy atom. The van der Waals surface area contributed by atoms with Crippen molar-refractivity contribution in [2.45, 2.75) is 33.1 Å². The van der Waals surface area contributed by atoms with Crippen molar-refractivity contribution in [3.8, 4) is 11.5 Å². The Morgan fingerprint density at radius 3 is 1.45 bits per heavy atom. The largest absolute Gasteiger partial charge is 0.492 e. The standard InChI is InChI=1S/C21H25N3O2.C20H23N3O2/c1-17-6-8-18(9-7-17)26-15-12-24-20-5-3-2-4-19(20)22-21(24)16-23-10-13-25-14-11-23;1-2-6-17(7-3-1)25-15-12-23-19-9-5-4-8-18(19)21-20(23)16-22-10-13-24-14-11-22/h2-9H,10-16H2,1H3;1-9H,10-16H2. The molecule has 4 heterocycles. The maximum Gasteiger partial charge on any atom is 0.124 e. The van der Waals surface area contributed by atoms with Gasteiger partial charge in [-0.3, -0.25) is 9.80 Å². The van der Waals surface area contributed by atoms with Crippen LogP contribution >= 0.6 is 0 Å². The van der Waals surface area contributed by atoms with Crippen LogP contribution in [0.25, 0.3) is 22.1 Å². The van der Waals surface area contributed by atoms with Crippen molar-refractivity contribution in [2.24, 2.45) is 0 Å². The van der Waals surface area contributed by atoms with Gasteiger partial charge in [0.15, 0.2) is 0 Å². The predicted molar refractivity (Wildman–Crippen MR) is 200 cm³/mol. The quantitative estimate of drug-likeness (QED) is 0.150. The molecule has 0 N–H and O–H groups in total. The smallest absolute Gasteiger partial charge is 0.124 e. The Bertz CT molecular complexity index is 1950. The fourth-order valence-corrected chi connectivity index (χ4v) is 6.57. The topological polar surface area (TPSA) is 79.0 Å². The Kier molecular flexibility index (Phi) is 11.9. The van der Waals surface area contributed by atoms with E-state index < -0.39 is 0 Å². The summed E-state index contributed by atoms with van der Waals surface area (Å²) in [6.07, 6.45) is 0. The van der Waals surface area contributed by atoms with E-state index in [9.17, 15) is 0 Å². The molecule has 0 bridgehead atoms. The van der Waals surface area contributed by atoms with Crippen LogP contribution in [0, 0.1) is 6.92 Å². The minimum atomic E-state index is 0.625. The number of imidazole rings is 2. The molecule has 0 saturated carbocycles. The number of aromatic nitrogens is 4. The molecule has 0 aliphatic carbocycles. The van der Waals surface area contributed by atoms with Gasteiger partial charge in [0.2, 0.25) is 0 Å². The second-order valence-corrected chi connectivity index (χ2v) is 12.9. The first-order chi connectivity index (χ1) is 25.2. The van der Waals surface area contributed by atoms with Gasteiger partial charge in [0.05, 0.1) is 74.7 Å². The fraction of sp³-hybridized carbons (Fsp3) is 0.366. The zero-order valence-corrected chi connectivity index (χ0v) is 29.5. The minimum absolute atomic E-state index is 0.625. The lowest BCUT2D eigenvalue weighted by Gasteiger charge is -2.26. The minimum Gasteiger partial charge on any atom is -0.492 e. The first-order valence-electron chi connectivity index (χ1n) is 18.1. The average molecular weight is 689 g/mol. The average Bonchev–Trinajstić information content (AvgIpc) is 3.70. The van der Waals surface area contributed by atoms with Gasteiger partial charge >= 0.3 is 0 Å². The number of fused-ring (bicyclic) bond motifs is 2. The zero-order chi connectivity index (χ0) is 34.7. The van der Waals surface area contributed by atoms with Crippen LogP contribution in [-0.2, 0) is 35.7 Å². The van der Waals surface area contributed by atoms with Gasteiger partial charge in [-0.05, 0) is 55.5 Å². The number of morpholine rings is 2. The van der Waals surface area contributed by atoms with Crippen molar-refractivity contribution < 1.29 is 18.9 Å². The van der Waals surface area contributed by atoms with Crippen LogP contribution < -0.4 is 9.47 Å². The summed E-state index contributed by atoms with van der Waals surface area (Å²) >= 11 is 0. The third kappa shape index (κ3) is 9.33. The molecule has 0 amide bonds. The van der Waals surface area contributed by atoms with Crippen molar-refractivity contribution >= 4 is 22.1 Å². The van der Waals surface area contributed by atoms with E-state index in [0.717, 1.165) is 113 Å². The lowest BCUT2D eigenvalue weighted by Crippen LogP contribution is -2.36. The lowest BCUT2D eigenvalue weighted by atomic mass is 10.2. The van der Waals surface area contributed by atoms with E-state index in [1.165, 1.54) is 16.6 Å². The van der Waals surface area contributed by atoms with E-state index in [1.807, 2.05) is 54.6 Å². The normalized spacial score (nSPS) is 15.5. The SMILES string of the molecule is Cc1ccc(OCCn2c(CN3CCOCC3)nc3ccccc32)cc1.c1ccc(OCCn2c(CN3CCOCC3)nc3ccccc32)cc1. The predicted octanol–water partition coefficient (Wildman–Crippen LogP) is 6.20. The van der Waals surface area contributed by atoms with Crippen molar-refractivity contribution in [1.29, 1.82) is 0 Å². The molecule has 266 valence electrons. The number of nitrogens with zero attached hydrogens (tertiary/aromatic N) is 6. The van der Waals surface area contributed by atoms with Gasteiger partial charge < -0.3 is 28.1 Å². The van der Waals surface area contributed by atoms with Crippen LogP contribution in [0.1, 0.15) is 17.2 Å². The third-order valence-corrected chi connectivity index (χ3v) is 9.34. The highest BCUT2D eigenvalue weighted by atomic mass is 16.5. The number of hydrogen-bond donors (Lipinski definition) is 0. The Morgan fingerprint density at radius 2 is 0.961 bits per heavy atom. The van der Waals surface area contributed by atoms with Crippen LogP contribution in [0.4, 0.5) is 0 Å². The molecule has 2 fully saturated rings. The highest BCUT2D eigenvalue weighted by Gasteiger charge is 2.18. The van der Waals surface area contributed by atoms with Crippen molar-refractivity contribution in [1.82, 2.24) is 28.9 Å². The third-order valence-electron chi connectivity index (χ3n) is 9.34. The van der Waals surface area contributed by atoms with Gasteiger partial charge in [-0.15, -0.1) is 0 Å². The lowest BCUT2D eigenvalue weighted by molar-refractivity contribution is 0.0325. The Labute approximate surface area is 300 Å². The summed E-state index contributed by atoms with van der Waals surface area (Å²) in [5.74, 6) is 4.01. The molecular formula is C41H48N6O4. The van der Waals surface area contributed by atoms with Gasteiger partial charge in [0, 0.05) is 26.2 Å². The van der Waals surface area contributed by atoms with E-state index in [0.29, 0.717) is 13.2 Å². The summed E-state index contributed by atoms with van der Waals surface area (Å²) in [5, 5.41) is 0. The first-order valence-corrected chi connectivity index (χ1v) is 18.1. The molecule has 2 aliphatic heterocycles. The van der Waals surface area contributed by atoms with Crippen molar-refractivity contribution in [3.05, 3.63) is 120 Å². The van der Waals surface area contributed by atoms with Crippen LogP contribution in [-0.4, -0.2) is 94.7 Å². The molecular weight excluding hydrogens is 640 g/mol. The van der Waals surface area contributed by atoms with Crippen LogP contribution in [0.2, 0.25) is 0 Å². The number of para-hydroxylation sites is 5. The molecule has 2 saturated heterocycles. The molecule has 0 spiro atoms. The number of ether oxygens (including phenoxy) is 4. The summed E-state index contributed by atoms with van der Waals surface area (Å²) in [5.41, 5.74) is 5.67. The van der Waals surface area contributed by atoms with Gasteiger partial charge in [-0.2, -0.15) is 0 Å². The Balaban J connectivity index is 0.000000159. The molecule has 51 heavy (non-hydrogen) atoms. The van der Waals surface area contributed by atoms with Crippen molar-refractivity contribution in [2.75, 3.05) is 65.8 Å². The molecule has 2 aromatic heterocycles. The first kappa shape index (κ1) is 34.7. The summed E-state index contributed by atoms with van der Waals surface area (Å²) in [7, 11) is 0. The fourth-order valence-electron chi connectivity index (χ4n) is 6.57. The van der Waals surface area contributed by atoms with Gasteiger partial charge in [-0.25, -0.2) is 9.97 Å². The van der Waals surface area contributed by atoms with Crippen molar-refractivity contribution in [3.63, 3.8) is 0 Å². The van der Waals surface area contributed by atoms with Crippen LogP contribution in [0.5, 0.6) is 11.5 Å². The highest BCUT2D eigenvalue weighted by molar-refractivity contribution is 5.76. The van der Waals surface area contributed by atoms with Crippen LogP contribution in [0.15, 0.2) is 103 Å². The maximum atomic E-state index is 5.95. The van der Waals surface area contributed by atoms with Gasteiger partial charge in [0.25, 0.3) is 0 Å².